The van der Waals surface area contributed by atoms with Gasteiger partial charge in [-0.25, -0.2) is 0 Å². The fourth-order valence-electron chi connectivity index (χ4n) is 0.747. The van der Waals surface area contributed by atoms with Crippen molar-refractivity contribution in [2.75, 3.05) is 31.5 Å². The highest BCUT2D eigenvalue weighted by Gasteiger charge is 2.23. The number of hydrogen-bond acceptors (Lipinski definition) is 4. The lowest BCUT2D eigenvalue weighted by Crippen LogP contribution is -2.08. The molecule has 2 rings (SSSR count). The predicted molar refractivity (Wildman–Crippen MR) is 49.3 cm³/mol. The van der Waals surface area contributed by atoms with Gasteiger partial charge in [-0.2, -0.15) is 23.5 Å². The molecule has 2 aliphatic heterocycles. The van der Waals surface area contributed by atoms with E-state index in [1.165, 1.54) is 11.5 Å². The summed E-state index contributed by atoms with van der Waals surface area (Å²) >= 11 is 3.92. The SMILES string of the molecule is C(OCC1CS1)OCC1CS1. The van der Waals surface area contributed by atoms with Crippen LogP contribution < -0.4 is 0 Å². The Bertz CT molecular complexity index is 110. The Labute approximate surface area is 75.4 Å². The fraction of sp³-hybridized carbons (Fsp3) is 1.00. The van der Waals surface area contributed by atoms with Gasteiger partial charge < -0.3 is 9.47 Å². The van der Waals surface area contributed by atoms with Crippen molar-refractivity contribution in [3.05, 3.63) is 0 Å². The molecule has 0 aromatic carbocycles. The van der Waals surface area contributed by atoms with Crippen molar-refractivity contribution in [1.82, 2.24) is 0 Å². The second-order valence-electron chi connectivity index (χ2n) is 2.77. The first kappa shape index (κ1) is 8.23. The summed E-state index contributed by atoms with van der Waals surface area (Å²) in [5.74, 6) is 2.55. The maximum Gasteiger partial charge on any atom is 0.146 e. The van der Waals surface area contributed by atoms with Crippen molar-refractivity contribution >= 4 is 23.5 Å². The van der Waals surface area contributed by atoms with Gasteiger partial charge in [0.15, 0.2) is 0 Å². The third-order valence-electron chi connectivity index (χ3n) is 1.58. The summed E-state index contributed by atoms with van der Waals surface area (Å²) in [6.07, 6.45) is 0. The summed E-state index contributed by atoms with van der Waals surface area (Å²) in [6.45, 7) is 2.25. The monoisotopic (exact) mass is 192 g/mol. The normalized spacial score (nSPS) is 33.8. The van der Waals surface area contributed by atoms with E-state index >= 15 is 0 Å². The standard InChI is InChI=1S/C7H12O2S2/c1(6-3-10-6)8-5-9-2-7-4-11-7/h6-7H,1-5H2. The zero-order valence-electron chi connectivity index (χ0n) is 6.32. The van der Waals surface area contributed by atoms with E-state index in [0.717, 1.165) is 23.7 Å². The minimum Gasteiger partial charge on any atom is -0.354 e. The number of rotatable bonds is 6. The van der Waals surface area contributed by atoms with Crippen LogP contribution in [0.2, 0.25) is 0 Å². The van der Waals surface area contributed by atoms with Crippen molar-refractivity contribution in [2.45, 2.75) is 10.5 Å². The van der Waals surface area contributed by atoms with Gasteiger partial charge in [0, 0.05) is 22.0 Å². The molecule has 0 N–H and O–H groups in total. The Kier molecular flexibility index (Phi) is 3.01. The molecule has 0 radical (unpaired) electrons. The van der Waals surface area contributed by atoms with Crippen molar-refractivity contribution in [1.29, 1.82) is 0 Å². The van der Waals surface area contributed by atoms with Crippen LogP contribution >= 0.6 is 23.5 Å². The summed E-state index contributed by atoms with van der Waals surface area (Å²) < 4.78 is 10.6. The molecule has 2 aliphatic rings. The summed E-state index contributed by atoms with van der Waals surface area (Å²) in [5.41, 5.74) is 0. The molecular weight excluding hydrogens is 180 g/mol. The molecule has 0 saturated carbocycles. The maximum atomic E-state index is 5.28. The number of ether oxygens (including phenoxy) is 2. The average molecular weight is 192 g/mol. The largest absolute Gasteiger partial charge is 0.354 e. The Morgan fingerprint density at radius 3 is 1.82 bits per heavy atom. The highest BCUT2D eigenvalue weighted by atomic mass is 32.2. The van der Waals surface area contributed by atoms with E-state index in [-0.39, 0.29) is 0 Å². The minimum absolute atomic E-state index is 0.494. The van der Waals surface area contributed by atoms with Crippen molar-refractivity contribution in [3.63, 3.8) is 0 Å². The molecule has 0 aromatic rings. The van der Waals surface area contributed by atoms with Gasteiger partial charge in [-0.1, -0.05) is 0 Å². The third-order valence-corrected chi connectivity index (χ3v) is 3.46. The molecule has 2 atom stereocenters. The van der Waals surface area contributed by atoms with E-state index < -0.39 is 0 Å². The molecule has 0 spiro atoms. The quantitative estimate of drug-likeness (QED) is 0.357. The number of hydrogen-bond donors (Lipinski definition) is 0. The molecule has 2 nitrogen and oxygen atoms in total. The van der Waals surface area contributed by atoms with Crippen LogP contribution in [0, 0.1) is 0 Å². The lowest BCUT2D eigenvalue weighted by molar-refractivity contribution is -0.0482. The Balaban J connectivity index is 1.35. The summed E-state index contributed by atoms with van der Waals surface area (Å²) in [5, 5.41) is 1.54. The van der Waals surface area contributed by atoms with Crippen LogP contribution in [0.4, 0.5) is 0 Å². The molecule has 0 aliphatic carbocycles. The molecule has 64 valence electrons. The van der Waals surface area contributed by atoms with E-state index in [9.17, 15) is 0 Å². The topological polar surface area (TPSA) is 18.5 Å². The van der Waals surface area contributed by atoms with Gasteiger partial charge in [0.1, 0.15) is 6.79 Å². The lowest BCUT2D eigenvalue weighted by Gasteiger charge is -2.02. The average Bonchev–Trinajstić information content (AvgIpc) is 2.83. The molecule has 0 amide bonds. The highest BCUT2D eigenvalue weighted by Crippen LogP contribution is 2.30. The molecule has 2 fully saturated rings. The molecule has 2 unspecified atom stereocenters. The zero-order chi connectivity index (χ0) is 7.52. The van der Waals surface area contributed by atoms with Crippen LogP contribution in [0.1, 0.15) is 0 Å². The van der Waals surface area contributed by atoms with Gasteiger partial charge in [0.25, 0.3) is 0 Å². The first-order chi connectivity index (χ1) is 5.45. The molecular formula is C7H12O2S2. The summed E-state index contributed by atoms with van der Waals surface area (Å²) in [7, 11) is 0. The van der Waals surface area contributed by atoms with Gasteiger partial charge in [0.05, 0.1) is 13.2 Å². The van der Waals surface area contributed by atoms with Crippen molar-refractivity contribution in [3.8, 4) is 0 Å². The lowest BCUT2D eigenvalue weighted by atomic mass is 10.5. The molecule has 0 bridgehead atoms. The van der Waals surface area contributed by atoms with Crippen LogP contribution in [-0.4, -0.2) is 42.0 Å². The van der Waals surface area contributed by atoms with E-state index in [1.807, 2.05) is 23.5 Å². The Morgan fingerprint density at radius 2 is 1.45 bits per heavy atom. The van der Waals surface area contributed by atoms with Crippen molar-refractivity contribution < 1.29 is 9.47 Å². The molecule has 4 heteroatoms. The first-order valence-electron chi connectivity index (χ1n) is 3.84. The van der Waals surface area contributed by atoms with Gasteiger partial charge in [0.2, 0.25) is 0 Å². The van der Waals surface area contributed by atoms with E-state index in [2.05, 4.69) is 0 Å². The van der Waals surface area contributed by atoms with Crippen LogP contribution in [0.25, 0.3) is 0 Å². The van der Waals surface area contributed by atoms with E-state index in [0.29, 0.717) is 6.79 Å². The van der Waals surface area contributed by atoms with Crippen LogP contribution in [0.15, 0.2) is 0 Å². The van der Waals surface area contributed by atoms with Crippen LogP contribution in [0.3, 0.4) is 0 Å². The molecule has 2 saturated heterocycles. The minimum atomic E-state index is 0.494. The highest BCUT2D eigenvalue weighted by molar-refractivity contribution is 8.07. The summed E-state index contributed by atoms with van der Waals surface area (Å²) in [6, 6.07) is 0. The zero-order valence-corrected chi connectivity index (χ0v) is 7.96. The maximum absolute atomic E-state index is 5.28. The van der Waals surface area contributed by atoms with Gasteiger partial charge in [-0.15, -0.1) is 0 Å². The van der Waals surface area contributed by atoms with Gasteiger partial charge in [-0.3, -0.25) is 0 Å². The predicted octanol–water partition coefficient (Wildman–Crippen LogP) is 1.21. The number of thioether (sulfide) groups is 2. The molecule has 2 heterocycles. The van der Waals surface area contributed by atoms with E-state index in [1.54, 1.807) is 0 Å². The summed E-state index contributed by atoms with van der Waals surface area (Å²) in [4.78, 5) is 0. The van der Waals surface area contributed by atoms with Crippen LogP contribution in [0.5, 0.6) is 0 Å². The first-order valence-corrected chi connectivity index (χ1v) is 5.93. The Hall–Kier alpha value is 0.620. The van der Waals surface area contributed by atoms with Gasteiger partial charge in [-0.05, 0) is 0 Å². The second-order valence-corrected chi connectivity index (χ2v) is 5.44. The van der Waals surface area contributed by atoms with E-state index in [4.69, 9.17) is 9.47 Å². The molecule has 0 aromatic heterocycles. The molecule has 11 heavy (non-hydrogen) atoms. The Morgan fingerprint density at radius 1 is 1.00 bits per heavy atom. The van der Waals surface area contributed by atoms with Crippen molar-refractivity contribution in [2.24, 2.45) is 0 Å². The fourth-order valence-corrected chi connectivity index (χ4v) is 1.60. The third kappa shape index (κ3) is 3.69. The second kappa shape index (κ2) is 4.03. The van der Waals surface area contributed by atoms with Crippen LogP contribution in [-0.2, 0) is 9.47 Å². The van der Waals surface area contributed by atoms with Gasteiger partial charge >= 0.3 is 0 Å². The smallest absolute Gasteiger partial charge is 0.146 e.